The first-order valence-corrected chi connectivity index (χ1v) is 4.40. The normalized spacial score (nSPS) is 10.8. The standard InChI is InChI=1S/C5H9ClIN/c6-2-1-4-8-5-3-7/h1-2,8H,3-5H2/b2-1+. The summed E-state index contributed by atoms with van der Waals surface area (Å²) in [5.41, 5.74) is 1.53. The van der Waals surface area contributed by atoms with Gasteiger partial charge in [-0.25, -0.2) is 0 Å². The summed E-state index contributed by atoms with van der Waals surface area (Å²) >= 11 is 7.58. The quantitative estimate of drug-likeness (QED) is 0.452. The molecule has 0 fully saturated rings. The highest BCUT2D eigenvalue weighted by Gasteiger charge is 1.76. The first kappa shape index (κ1) is 8.72. The molecule has 48 valence electrons. The van der Waals surface area contributed by atoms with Crippen molar-refractivity contribution in [1.82, 2.24) is 5.32 Å². The lowest BCUT2D eigenvalue weighted by Crippen LogP contribution is -2.15. The fourth-order valence-corrected chi connectivity index (χ4v) is 0.767. The van der Waals surface area contributed by atoms with Crippen LogP contribution in [0.4, 0.5) is 0 Å². The van der Waals surface area contributed by atoms with Crippen LogP contribution in [0.25, 0.3) is 0 Å². The van der Waals surface area contributed by atoms with Crippen molar-refractivity contribution in [1.29, 1.82) is 0 Å². The summed E-state index contributed by atoms with van der Waals surface area (Å²) in [6, 6.07) is 0. The Kier molecular flexibility index (Phi) is 8.41. The largest absolute Gasteiger partial charge is 0.312 e. The zero-order chi connectivity index (χ0) is 6.24. The summed E-state index contributed by atoms with van der Waals surface area (Å²) in [4.78, 5) is 0. The highest BCUT2D eigenvalue weighted by atomic mass is 127. The lowest BCUT2D eigenvalue weighted by Gasteiger charge is -1.92. The van der Waals surface area contributed by atoms with Crippen LogP contribution in [0.2, 0.25) is 0 Å². The zero-order valence-electron chi connectivity index (χ0n) is 4.53. The summed E-state index contributed by atoms with van der Waals surface area (Å²) in [5, 5.41) is 3.16. The molecule has 0 aromatic heterocycles. The van der Waals surface area contributed by atoms with Crippen molar-refractivity contribution in [2.75, 3.05) is 17.5 Å². The van der Waals surface area contributed by atoms with Gasteiger partial charge in [0.2, 0.25) is 0 Å². The smallest absolute Gasteiger partial charge is 0.0146 e. The minimum Gasteiger partial charge on any atom is -0.312 e. The van der Waals surface area contributed by atoms with Crippen LogP contribution >= 0.6 is 34.2 Å². The molecule has 0 unspecified atom stereocenters. The second-order valence-electron chi connectivity index (χ2n) is 1.25. The van der Waals surface area contributed by atoms with Gasteiger partial charge in [0.15, 0.2) is 0 Å². The zero-order valence-corrected chi connectivity index (χ0v) is 7.45. The maximum atomic E-state index is 5.26. The molecule has 0 radical (unpaired) electrons. The van der Waals surface area contributed by atoms with Crippen molar-refractivity contribution in [2.24, 2.45) is 0 Å². The molecule has 0 aliphatic rings. The van der Waals surface area contributed by atoms with Crippen LogP contribution in [-0.2, 0) is 0 Å². The minimum absolute atomic E-state index is 0.881. The topological polar surface area (TPSA) is 12.0 Å². The molecule has 0 aliphatic heterocycles. The van der Waals surface area contributed by atoms with Gasteiger partial charge in [-0.05, 0) is 0 Å². The van der Waals surface area contributed by atoms with E-state index in [1.807, 2.05) is 6.08 Å². The SMILES string of the molecule is Cl/C=C/CNCCI. The molecule has 0 heterocycles. The molecule has 0 saturated heterocycles. The monoisotopic (exact) mass is 245 g/mol. The first-order chi connectivity index (χ1) is 3.91. The van der Waals surface area contributed by atoms with Crippen molar-refractivity contribution < 1.29 is 0 Å². The van der Waals surface area contributed by atoms with Crippen LogP contribution in [0.1, 0.15) is 0 Å². The van der Waals surface area contributed by atoms with Crippen LogP contribution in [0.5, 0.6) is 0 Å². The van der Waals surface area contributed by atoms with Gasteiger partial charge in [0.25, 0.3) is 0 Å². The molecule has 0 aliphatic carbocycles. The summed E-state index contributed by atoms with van der Waals surface area (Å²) in [7, 11) is 0. The number of hydrogen-bond donors (Lipinski definition) is 1. The van der Waals surface area contributed by atoms with Crippen molar-refractivity contribution in [2.45, 2.75) is 0 Å². The van der Waals surface area contributed by atoms with E-state index >= 15 is 0 Å². The summed E-state index contributed by atoms with van der Waals surface area (Å²) < 4.78 is 1.15. The van der Waals surface area contributed by atoms with E-state index in [2.05, 4.69) is 27.9 Å². The Morgan fingerprint density at radius 1 is 1.62 bits per heavy atom. The number of halogens is 2. The molecule has 0 amide bonds. The molecule has 3 heteroatoms. The van der Waals surface area contributed by atoms with Crippen LogP contribution in [0, 0.1) is 0 Å². The lowest BCUT2D eigenvalue weighted by atomic mass is 10.6. The first-order valence-electron chi connectivity index (χ1n) is 2.43. The Morgan fingerprint density at radius 2 is 2.38 bits per heavy atom. The number of nitrogens with one attached hydrogen (secondary N) is 1. The Hall–Kier alpha value is 0.720. The maximum Gasteiger partial charge on any atom is 0.0146 e. The highest BCUT2D eigenvalue weighted by Crippen LogP contribution is 1.77. The minimum atomic E-state index is 0.881. The number of hydrogen-bond acceptors (Lipinski definition) is 1. The molecule has 0 spiro atoms. The van der Waals surface area contributed by atoms with E-state index in [4.69, 9.17) is 11.6 Å². The van der Waals surface area contributed by atoms with Crippen LogP contribution < -0.4 is 5.32 Å². The molecular weight excluding hydrogens is 236 g/mol. The molecule has 1 nitrogen and oxygen atoms in total. The fraction of sp³-hybridized carbons (Fsp3) is 0.600. The number of alkyl halides is 1. The van der Waals surface area contributed by atoms with Gasteiger partial charge in [-0.15, -0.1) is 0 Å². The van der Waals surface area contributed by atoms with E-state index in [-0.39, 0.29) is 0 Å². The predicted molar refractivity (Wildman–Crippen MR) is 46.7 cm³/mol. The summed E-state index contributed by atoms with van der Waals surface area (Å²) in [6.07, 6.45) is 1.88. The third-order valence-electron chi connectivity index (χ3n) is 0.623. The third kappa shape index (κ3) is 6.72. The van der Waals surface area contributed by atoms with Crippen molar-refractivity contribution >= 4 is 34.2 Å². The average Bonchev–Trinajstić information content (AvgIpc) is 1.81. The van der Waals surface area contributed by atoms with Gasteiger partial charge < -0.3 is 5.32 Å². The van der Waals surface area contributed by atoms with E-state index in [0.29, 0.717) is 0 Å². The van der Waals surface area contributed by atoms with Crippen LogP contribution in [0.15, 0.2) is 11.6 Å². The molecule has 0 aromatic rings. The number of rotatable bonds is 4. The van der Waals surface area contributed by atoms with Gasteiger partial charge in [0.1, 0.15) is 0 Å². The molecule has 0 aromatic carbocycles. The molecule has 0 bridgehead atoms. The Labute approximate surface area is 68.6 Å². The van der Waals surface area contributed by atoms with E-state index in [1.54, 1.807) is 0 Å². The van der Waals surface area contributed by atoms with Crippen LogP contribution in [-0.4, -0.2) is 17.5 Å². The van der Waals surface area contributed by atoms with Crippen molar-refractivity contribution in [3.05, 3.63) is 11.6 Å². The molecule has 0 saturated carbocycles. The van der Waals surface area contributed by atoms with E-state index in [9.17, 15) is 0 Å². The molecule has 8 heavy (non-hydrogen) atoms. The average molecular weight is 245 g/mol. The maximum absolute atomic E-state index is 5.26. The molecule has 0 rings (SSSR count). The fourth-order valence-electron chi connectivity index (χ4n) is 0.297. The van der Waals surface area contributed by atoms with Gasteiger partial charge in [0, 0.05) is 23.1 Å². The van der Waals surface area contributed by atoms with Crippen molar-refractivity contribution in [3.63, 3.8) is 0 Å². The highest BCUT2D eigenvalue weighted by molar-refractivity contribution is 14.1. The molecule has 1 N–H and O–H groups in total. The van der Waals surface area contributed by atoms with Gasteiger partial charge >= 0.3 is 0 Å². The van der Waals surface area contributed by atoms with Crippen LogP contribution in [0.3, 0.4) is 0 Å². The second kappa shape index (κ2) is 7.72. The Morgan fingerprint density at radius 3 is 2.88 bits per heavy atom. The van der Waals surface area contributed by atoms with E-state index in [1.165, 1.54) is 5.54 Å². The molecule has 0 atom stereocenters. The summed E-state index contributed by atoms with van der Waals surface area (Å²) in [6.45, 7) is 1.94. The Balaban J connectivity index is 2.72. The van der Waals surface area contributed by atoms with Gasteiger partial charge in [-0.2, -0.15) is 0 Å². The van der Waals surface area contributed by atoms with Crippen molar-refractivity contribution in [3.8, 4) is 0 Å². The summed E-state index contributed by atoms with van der Waals surface area (Å²) in [5.74, 6) is 0. The predicted octanol–water partition coefficient (Wildman–Crippen LogP) is 1.76. The van der Waals surface area contributed by atoms with Gasteiger partial charge in [0.05, 0.1) is 0 Å². The van der Waals surface area contributed by atoms with E-state index in [0.717, 1.165) is 17.5 Å². The van der Waals surface area contributed by atoms with Gasteiger partial charge in [-0.1, -0.05) is 40.3 Å². The second-order valence-corrected chi connectivity index (χ2v) is 2.59. The van der Waals surface area contributed by atoms with E-state index < -0.39 is 0 Å². The third-order valence-corrected chi connectivity index (χ3v) is 1.34. The lowest BCUT2D eigenvalue weighted by molar-refractivity contribution is 0.813. The Bertz CT molecular complexity index is 65.4. The molecular formula is C5H9ClIN. The van der Waals surface area contributed by atoms with Gasteiger partial charge in [-0.3, -0.25) is 0 Å².